The molecule has 0 saturated carbocycles. The molecule has 0 bridgehead atoms. The third-order valence-electron chi connectivity index (χ3n) is 5.63. The zero-order chi connectivity index (χ0) is 18.9. The third-order valence-corrected chi connectivity index (χ3v) is 5.63. The van der Waals surface area contributed by atoms with Crippen molar-refractivity contribution in [2.24, 2.45) is 11.3 Å². The molecule has 0 radical (unpaired) electrons. The lowest BCUT2D eigenvalue weighted by atomic mass is 9.74. The molecular formula is C20H27NO5. The van der Waals surface area contributed by atoms with E-state index in [9.17, 15) is 14.7 Å². The van der Waals surface area contributed by atoms with Crippen LogP contribution in [-0.4, -0.2) is 54.8 Å². The molecule has 2 aliphatic heterocycles. The molecule has 142 valence electrons. The summed E-state index contributed by atoms with van der Waals surface area (Å²) in [6, 6.07) is 6.01. The number of carboxylic acid groups (broad SMARTS) is 1. The Hall–Kier alpha value is -2.08. The van der Waals surface area contributed by atoms with Gasteiger partial charge in [-0.25, -0.2) is 0 Å². The first kappa shape index (κ1) is 18.7. The zero-order valence-corrected chi connectivity index (χ0v) is 15.7. The first-order valence-corrected chi connectivity index (χ1v) is 9.16. The molecule has 2 atom stereocenters. The van der Waals surface area contributed by atoms with Gasteiger partial charge in [-0.2, -0.15) is 0 Å². The molecule has 0 aromatic heterocycles. The molecule has 3 rings (SSSR count). The van der Waals surface area contributed by atoms with E-state index in [1.165, 1.54) is 0 Å². The van der Waals surface area contributed by atoms with Crippen LogP contribution >= 0.6 is 0 Å². The molecule has 2 aliphatic rings. The molecule has 26 heavy (non-hydrogen) atoms. The Morgan fingerprint density at radius 3 is 2.85 bits per heavy atom. The minimum Gasteiger partial charge on any atom is -0.483 e. The van der Waals surface area contributed by atoms with Crippen molar-refractivity contribution in [3.63, 3.8) is 0 Å². The average molecular weight is 361 g/mol. The summed E-state index contributed by atoms with van der Waals surface area (Å²) >= 11 is 0. The molecule has 0 spiro atoms. The highest BCUT2D eigenvalue weighted by Gasteiger charge is 2.54. The summed E-state index contributed by atoms with van der Waals surface area (Å²) in [4.78, 5) is 26.1. The number of likely N-dealkylation sites (tertiary alicyclic amines) is 1. The van der Waals surface area contributed by atoms with E-state index in [0.29, 0.717) is 32.1 Å². The zero-order valence-electron chi connectivity index (χ0n) is 15.7. The highest BCUT2D eigenvalue weighted by Crippen LogP contribution is 2.42. The maximum absolute atomic E-state index is 12.7. The molecule has 1 amide bonds. The minimum absolute atomic E-state index is 0.0769. The van der Waals surface area contributed by atoms with Crippen molar-refractivity contribution in [2.45, 2.75) is 33.1 Å². The van der Waals surface area contributed by atoms with E-state index in [0.717, 1.165) is 16.9 Å². The number of benzene rings is 1. The highest BCUT2D eigenvalue weighted by atomic mass is 16.5. The lowest BCUT2D eigenvalue weighted by Crippen LogP contribution is -2.45. The number of aliphatic carboxylic acids is 1. The van der Waals surface area contributed by atoms with E-state index in [-0.39, 0.29) is 25.0 Å². The number of carboxylic acids is 1. The topological polar surface area (TPSA) is 76.1 Å². The van der Waals surface area contributed by atoms with Crippen LogP contribution in [0.3, 0.4) is 0 Å². The molecule has 6 heteroatoms. The predicted molar refractivity (Wildman–Crippen MR) is 96.3 cm³/mol. The number of hydrogen-bond donors (Lipinski definition) is 1. The van der Waals surface area contributed by atoms with Crippen molar-refractivity contribution in [3.8, 4) is 5.75 Å². The molecule has 1 N–H and O–H groups in total. The molecule has 0 aliphatic carbocycles. The van der Waals surface area contributed by atoms with Gasteiger partial charge in [0.1, 0.15) is 5.75 Å². The molecule has 1 aromatic rings. The van der Waals surface area contributed by atoms with Gasteiger partial charge in [0, 0.05) is 25.6 Å². The van der Waals surface area contributed by atoms with E-state index >= 15 is 0 Å². The number of ether oxygens (including phenoxy) is 2. The number of rotatable bonds is 5. The Labute approximate surface area is 154 Å². The summed E-state index contributed by atoms with van der Waals surface area (Å²) in [6.45, 7) is 7.56. The molecular weight excluding hydrogens is 334 g/mol. The summed E-state index contributed by atoms with van der Waals surface area (Å²) in [5.41, 5.74) is 1.26. The smallest absolute Gasteiger partial charge is 0.311 e. The largest absolute Gasteiger partial charge is 0.483 e. The maximum atomic E-state index is 12.7. The molecule has 6 nitrogen and oxygen atoms in total. The van der Waals surface area contributed by atoms with E-state index in [1.54, 1.807) is 4.90 Å². The van der Waals surface area contributed by atoms with Crippen LogP contribution in [0, 0.1) is 18.3 Å². The van der Waals surface area contributed by atoms with E-state index in [1.807, 2.05) is 25.1 Å². The van der Waals surface area contributed by atoms with Crippen LogP contribution < -0.4 is 4.74 Å². The van der Waals surface area contributed by atoms with Gasteiger partial charge in [0.25, 0.3) is 5.91 Å². The first-order valence-electron chi connectivity index (χ1n) is 9.16. The summed E-state index contributed by atoms with van der Waals surface area (Å²) in [5.74, 6) is -0.133. The van der Waals surface area contributed by atoms with E-state index < -0.39 is 11.4 Å². The van der Waals surface area contributed by atoms with Gasteiger partial charge in [-0.05, 0) is 36.5 Å². The number of amides is 1. The fraction of sp³-hybridized carbons (Fsp3) is 0.600. The van der Waals surface area contributed by atoms with Crippen LogP contribution in [0.2, 0.25) is 0 Å². The third kappa shape index (κ3) is 3.43. The Bertz CT molecular complexity index is 701. The Kier molecular flexibility index (Phi) is 5.23. The second-order valence-corrected chi connectivity index (χ2v) is 7.74. The number of fused-ring (bicyclic) bond motifs is 1. The van der Waals surface area contributed by atoms with Gasteiger partial charge in [0.2, 0.25) is 0 Å². The normalized spacial score (nSPS) is 25.2. The van der Waals surface area contributed by atoms with Crippen LogP contribution in [0.25, 0.3) is 0 Å². The van der Waals surface area contributed by atoms with Gasteiger partial charge >= 0.3 is 5.97 Å². The van der Waals surface area contributed by atoms with Gasteiger partial charge in [-0.1, -0.05) is 26.0 Å². The van der Waals surface area contributed by atoms with Crippen molar-refractivity contribution in [3.05, 3.63) is 29.3 Å². The molecule has 2 fully saturated rings. The Balaban J connectivity index is 1.68. The van der Waals surface area contributed by atoms with Crippen LogP contribution in [-0.2, 0) is 14.3 Å². The minimum atomic E-state index is -0.875. The van der Waals surface area contributed by atoms with Crippen LogP contribution in [0.15, 0.2) is 18.2 Å². The highest BCUT2D eigenvalue weighted by molar-refractivity contribution is 5.82. The van der Waals surface area contributed by atoms with E-state index in [2.05, 4.69) is 13.8 Å². The average Bonchev–Trinajstić information content (AvgIpc) is 3.00. The number of carbonyl (C=O) groups is 2. The number of carbonyl (C=O) groups excluding carboxylic acids is 1. The Morgan fingerprint density at radius 2 is 2.19 bits per heavy atom. The summed E-state index contributed by atoms with van der Waals surface area (Å²) in [5, 5.41) is 9.71. The lowest BCUT2D eigenvalue weighted by molar-refractivity contribution is -0.157. The fourth-order valence-corrected chi connectivity index (χ4v) is 3.96. The van der Waals surface area contributed by atoms with Gasteiger partial charge < -0.3 is 19.5 Å². The van der Waals surface area contributed by atoms with Gasteiger partial charge in [-0.3, -0.25) is 9.59 Å². The second-order valence-electron chi connectivity index (χ2n) is 7.74. The van der Waals surface area contributed by atoms with Crippen LogP contribution in [0.5, 0.6) is 5.75 Å². The summed E-state index contributed by atoms with van der Waals surface area (Å²) < 4.78 is 11.3. The molecule has 0 unspecified atom stereocenters. The molecule has 2 heterocycles. The monoisotopic (exact) mass is 361 g/mol. The van der Waals surface area contributed by atoms with E-state index in [4.69, 9.17) is 9.47 Å². The second kappa shape index (κ2) is 7.27. The van der Waals surface area contributed by atoms with Crippen molar-refractivity contribution in [2.75, 3.05) is 32.9 Å². The maximum Gasteiger partial charge on any atom is 0.311 e. The number of aryl methyl sites for hydroxylation is 1. The standard InChI is InChI=1S/C20H27NO5/c1-13(2)16-5-4-14(3)8-17(16)26-11-18(22)21-9-15-10-25-7-6-20(15,12-21)19(23)24/h4-5,8,13,15H,6-7,9-12H2,1-3H3,(H,23,24)/t15-,20+/m0/s1. The van der Waals surface area contributed by atoms with Crippen molar-refractivity contribution < 1.29 is 24.2 Å². The molecule has 1 aromatic carbocycles. The van der Waals surface area contributed by atoms with Gasteiger partial charge in [0.05, 0.1) is 12.0 Å². The lowest BCUT2D eigenvalue weighted by Gasteiger charge is -2.33. The van der Waals surface area contributed by atoms with Crippen molar-refractivity contribution >= 4 is 11.9 Å². The SMILES string of the molecule is Cc1ccc(C(C)C)c(OCC(=O)N2C[C@H]3COCC[C@@]3(C(=O)O)C2)c1. The predicted octanol–water partition coefficient (Wildman–Crippen LogP) is 2.45. The number of nitrogens with zero attached hydrogens (tertiary/aromatic N) is 1. The Morgan fingerprint density at radius 1 is 1.42 bits per heavy atom. The van der Waals surface area contributed by atoms with Crippen molar-refractivity contribution in [1.29, 1.82) is 0 Å². The quantitative estimate of drug-likeness (QED) is 0.872. The van der Waals surface area contributed by atoms with Gasteiger partial charge in [0.15, 0.2) is 6.61 Å². The molecule has 2 saturated heterocycles. The fourth-order valence-electron chi connectivity index (χ4n) is 3.96. The summed E-state index contributed by atoms with van der Waals surface area (Å²) in [6.07, 6.45) is 0.451. The van der Waals surface area contributed by atoms with Crippen LogP contribution in [0.1, 0.15) is 37.3 Å². The summed E-state index contributed by atoms with van der Waals surface area (Å²) in [7, 11) is 0. The van der Waals surface area contributed by atoms with Crippen LogP contribution in [0.4, 0.5) is 0 Å². The first-order chi connectivity index (χ1) is 12.3. The number of hydrogen-bond acceptors (Lipinski definition) is 4. The van der Waals surface area contributed by atoms with Crippen molar-refractivity contribution in [1.82, 2.24) is 4.90 Å². The van der Waals surface area contributed by atoms with Gasteiger partial charge in [-0.15, -0.1) is 0 Å².